The summed E-state index contributed by atoms with van der Waals surface area (Å²) in [7, 11) is 0. The van der Waals surface area contributed by atoms with Crippen molar-refractivity contribution >= 4 is 22.9 Å². The Bertz CT molecular complexity index is 1490. The molecule has 0 heteroatoms. The third-order valence-electron chi connectivity index (χ3n) is 6.27. The molecule has 0 N–H and O–H groups in total. The first kappa shape index (κ1) is 20.7. The number of fused-ring (bicyclic) bond motifs is 1. The van der Waals surface area contributed by atoms with Gasteiger partial charge >= 0.3 is 0 Å². The zero-order chi connectivity index (χ0) is 22.8. The first-order valence-corrected chi connectivity index (χ1v) is 11.3. The monoisotopic (exact) mass is 422 g/mol. The quantitative estimate of drug-likeness (QED) is 0.264. The first-order chi connectivity index (χ1) is 16.2. The predicted octanol–water partition coefficient (Wildman–Crippen LogP) is 9.44. The van der Waals surface area contributed by atoms with Gasteiger partial charge in [0, 0.05) is 0 Å². The smallest absolute Gasteiger partial charge is 0.00264 e. The minimum atomic E-state index is 1.12. The van der Waals surface area contributed by atoms with Crippen LogP contribution >= 0.6 is 0 Å². The Morgan fingerprint density at radius 1 is 0.485 bits per heavy atom. The zero-order valence-electron chi connectivity index (χ0n) is 18.9. The van der Waals surface area contributed by atoms with Crippen LogP contribution in [-0.2, 0) is 0 Å². The second kappa shape index (κ2) is 8.76. The largest absolute Gasteiger partial charge is 0.0984 e. The van der Waals surface area contributed by atoms with E-state index < -0.39 is 0 Å². The van der Waals surface area contributed by atoms with E-state index >= 15 is 0 Å². The van der Waals surface area contributed by atoms with Crippen molar-refractivity contribution in [1.82, 2.24) is 0 Å². The maximum Gasteiger partial charge on any atom is -0.00264 e. The number of benzene rings is 5. The van der Waals surface area contributed by atoms with Gasteiger partial charge in [-0.25, -0.2) is 0 Å². The van der Waals surface area contributed by atoms with Crippen LogP contribution in [0.4, 0.5) is 0 Å². The summed E-state index contributed by atoms with van der Waals surface area (Å²) >= 11 is 0. The maximum atomic E-state index is 4.22. The molecular weight excluding hydrogens is 396 g/mol. The van der Waals surface area contributed by atoms with Crippen LogP contribution in [0.15, 0.2) is 116 Å². The minimum Gasteiger partial charge on any atom is -0.0984 e. The number of hydrogen-bond acceptors (Lipinski definition) is 0. The molecular formula is C33H26. The van der Waals surface area contributed by atoms with Gasteiger partial charge < -0.3 is 0 Å². The van der Waals surface area contributed by atoms with E-state index in [9.17, 15) is 0 Å². The molecule has 0 aromatic heterocycles. The van der Waals surface area contributed by atoms with E-state index in [1.54, 1.807) is 0 Å². The van der Waals surface area contributed by atoms with Crippen molar-refractivity contribution < 1.29 is 0 Å². The van der Waals surface area contributed by atoms with Crippen LogP contribution in [0.3, 0.4) is 0 Å². The van der Waals surface area contributed by atoms with Gasteiger partial charge in [-0.1, -0.05) is 128 Å². The standard InChI is InChI=1S/C33H26/c1-4-28-29(5-2)33(27-18-12-16-25(22-27)24-14-7-6-8-15-24)31-20-10-9-19-30(31)32(28)26-17-11-13-23(3)21-26/h4-22H,1-2H2,3H3. The molecule has 0 aliphatic rings. The Labute approximate surface area is 196 Å². The maximum absolute atomic E-state index is 4.22. The highest BCUT2D eigenvalue weighted by Crippen LogP contribution is 2.43. The molecule has 5 aromatic carbocycles. The van der Waals surface area contributed by atoms with Gasteiger partial charge in [0.25, 0.3) is 0 Å². The van der Waals surface area contributed by atoms with E-state index in [1.807, 2.05) is 12.2 Å². The van der Waals surface area contributed by atoms with Gasteiger partial charge in [-0.2, -0.15) is 0 Å². The average molecular weight is 423 g/mol. The topological polar surface area (TPSA) is 0 Å². The van der Waals surface area contributed by atoms with E-state index in [2.05, 4.69) is 123 Å². The van der Waals surface area contributed by atoms with Crippen molar-refractivity contribution in [2.24, 2.45) is 0 Å². The van der Waals surface area contributed by atoms with Crippen LogP contribution in [0.5, 0.6) is 0 Å². The normalized spacial score (nSPS) is 10.8. The molecule has 0 atom stereocenters. The van der Waals surface area contributed by atoms with Crippen molar-refractivity contribution in [3.8, 4) is 33.4 Å². The summed E-state index contributed by atoms with van der Waals surface area (Å²) in [6, 6.07) is 36.7. The molecule has 0 unspecified atom stereocenters. The molecule has 5 rings (SSSR count). The Balaban J connectivity index is 1.86. The molecule has 0 saturated carbocycles. The number of rotatable bonds is 5. The third kappa shape index (κ3) is 3.70. The Morgan fingerprint density at radius 3 is 1.55 bits per heavy atom. The van der Waals surface area contributed by atoms with Crippen LogP contribution in [0, 0.1) is 6.92 Å². The van der Waals surface area contributed by atoms with Gasteiger partial charge in [-0.3, -0.25) is 0 Å². The van der Waals surface area contributed by atoms with Gasteiger partial charge in [0.1, 0.15) is 0 Å². The van der Waals surface area contributed by atoms with Gasteiger partial charge in [0.15, 0.2) is 0 Å². The van der Waals surface area contributed by atoms with E-state index in [0.717, 1.165) is 11.1 Å². The molecule has 0 aliphatic heterocycles. The van der Waals surface area contributed by atoms with Crippen LogP contribution in [0.1, 0.15) is 16.7 Å². The van der Waals surface area contributed by atoms with Crippen LogP contribution in [-0.4, -0.2) is 0 Å². The highest BCUT2D eigenvalue weighted by molar-refractivity contribution is 6.11. The predicted molar refractivity (Wildman–Crippen MR) is 145 cm³/mol. The number of hydrogen-bond donors (Lipinski definition) is 0. The summed E-state index contributed by atoms with van der Waals surface area (Å²) in [5.41, 5.74) is 10.7. The highest BCUT2D eigenvalue weighted by Gasteiger charge is 2.18. The third-order valence-corrected chi connectivity index (χ3v) is 6.27. The lowest BCUT2D eigenvalue weighted by Crippen LogP contribution is -1.96. The summed E-state index contributed by atoms with van der Waals surface area (Å²) < 4.78 is 0. The molecule has 5 aromatic rings. The van der Waals surface area contributed by atoms with Gasteiger partial charge in [-0.05, 0) is 68.3 Å². The van der Waals surface area contributed by atoms with Crippen LogP contribution < -0.4 is 0 Å². The van der Waals surface area contributed by atoms with Gasteiger partial charge in [-0.15, -0.1) is 0 Å². The van der Waals surface area contributed by atoms with Gasteiger partial charge in [0.2, 0.25) is 0 Å². The Kier molecular flexibility index (Phi) is 5.50. The summed E-state index contributed by atoms with van der Waals surface area (Å²) in [6.45, 7) is 10.6. The molecule has 0 aliphatic carbocycles. The van der Waals surface area contributed by atoms with E-state index in [0.29, 0.717) is 0 Å². The highest BCUT2D eigenvalue weighted by atomic mass is 14.2. The van der Waals surface area contributed by atoms with Gasteiger partial charge in [0.05, 0.1) is 0 Å². The second-order valence-electron chi connectivity index (χ2n) is 8.35. The molecule has 0 spiro atoms. The number of aryl methyl sites for hydroxylation is 1. The fourth-order valence-electron chi connectivity index (χ4n) is 4.81. The first-order valence-electron chi connectivity index (χ1n) is 11.3. The van der Waals surface area contributed by atoms with Crippen molar-refractivity contribution in [1.29, 1.82) is 0 Å². The molecule has 0 fully saturated rings. The lowest BCUT2D eigenvalue weighted by molar-refractivity contribution is 1.47. The Morgan fingerprint density at radius 2 is 0.970 bits per heavy atom. The van der Waals surface area contributed by atoms with E-state index in [-0.39, 0.29) is 0 Å². The van der Waals surface area contributed by atoms with Crippen LogP contribution in [0.25, 0.3) is 56.3 Å². The summed E-state index contributed by atoms with van der Waals surface area (Å²) in [5, 5.41) is 2.45. The van der Waals surface area contributed by atoms with Crippen molar-refractivity contribution in [2.75, 3.05) is 0 Å². The zero-order valence-corrected chi connectivity index (χ0v) is 18.9. The molecule has 0 radical (unpaired) electrons. The second-order valence-corrected chi connectivity index (χ2v) is 8.35. The summed E-state index contributed by atoms with van der Waals surface area (Å²) in [5.74, 6) is 0. The molecule has 0 heterocycles. The van der Waals surface area contributed by atoms with Crippen LogP contribution in [0.2, 0.25) is 0 Å². The lowest BCUT2D eigenvalue weighted by Gasteiger charge is -2.20. The van der Waals surface area contributed by atoms with E-state index in [4.69, 9.17) is 0 Å². The molecule has 33 heavy (non-hydrogen) atoms. The molecule has 0 nitrogen and oxygen atoms in total. The summed E-state index contributed by atoms with van der Waals surface area (Å²) in [6.07, 6.45) is 3.96. The van der Waals surface area contributed by atoms with Crippen molar-refractivity contribution in [3.63, 3.8) is 0 Å². The van der Waals surface area contributed by atoms with Crippen molar-refractivity contribution in [3.05, 3.63) is 133 Å². The lowest BCUT2D eigenvalue weighted by atomic mass is 9.83. The molecule has 0 saturated heterocycles. The molecule has 0 bridgehead atoms. The fraction of sp³-hybridized carbons (Fsp3) is 0.0303. The average Bonchev–Trinajstić information content (AvgIpc) is 2.87. The summed E-state index contributed by atoms with van der Waals surface area (Å²) in [4.78, 5) is 0. The van der Waals surface area contributed by atoms with Crippen molar-refractivity contribution in [2.45, 2.75) is 6.92 Å². The fourth-order valence-corrected chi connectivity index (χ4v) is 4.81. The molecule has 158 valence electrons. The van der Waals surface area contributed by atoms with E-state index in [1.165, 1.54) is 49.7 Å². The Hall–Kier alpha value is -4.16. The SMILES string of the molecule is C=Cc1c(C=C)c(-c2cccc(-c3ccccc3)c2)c2ccccc2c1-c1cccc(C)c1. The minimum absolute atomic E-state index is 1.12. The molecule has 0 amide bonds.